The highest BCUT2D eigenvalue weighted by atomic mass is 16.3. The first-order valence-corrected chi connectivity index (χ1v) is 6.45. The molecular weight excluding hydrogens is 230 g/mol. The van der Waals surface area contributed by atoms with Crippen LogP contribution in [0.15, 0.2) is 6.07 Å². The third kappa shape index (κ3) is 4.46. The number of aliphatic hydroxyl groups excluding tert-OH is 1. The van der Waals surface area contributed by atoms with E-state index in [1.807, 2.05) is 0 Å². The number of hydrazine groups is 1. The van der Waals surface area contributed by atoms with E-state index in [0.717, 1.165) is 30.9 Å². The molecule has 1 heterocycles. The molecule has 1 aromatic rings. The van der Waals surface area contributed by atoms with Gasteiger partial charge in [0, 0.05) is 25.1 Å². The minimum atomic E-state index is 0.167. The zero-order chi connectivity index (χ0) is 13.4. The predicted octanol–water partition coefficient (Wildman–Crippen LogP) is 1.29. The second-order valence-corrected chi connectivity index (χ2v) is 4.21. The van der Waals surface area contributed by atoms with E-state index in [-0.39, 0.29) is 12.6 Å². The molecule has 0 aliphatic heterocycles. The maximum atomic E-state index is 8.98. The molecule has 0 spiro atoms. The van der Waals surface area contributed by atoms with Crippen LogP contribution in [0.5, 0.6) is 0 Å². The summed E-state index contributed by atoms with van der Waals surface area (Å²) in [6, 6.07) is 1.99. The Hall–Kier alpha value is -1.40. The molecule has 1 aromatic heterocycles. The molecule has 6 nitrogen and oxygen atoms in total. The Morgan fingerprint density at radius 3 is 2.61 bits per heavy atom. The fourth-order valence-corrected chi connectivity index (χ4v) is 1.72. The molecule has 0 saturated heterocycles. The monoisotopic (exact) mass is 253 g/mol. The SMILES string of the molecule is CCCc1nc(NN)cc(NC(CC)CCO)n1. The molecule has 0 saturated carbocycles. The summed E-state index contributed by atoms with van der Waals surface area (Å²) in [4.78, 5) is 8.73. The van der Waals surface area contributed by atoms with Crippen LogP contribution in [-0.2, 0) is 6.42 Å². The largest absolute Gasteiger partial charge is 0.396 e. The van der Waals surface area contributed by atoms with Crippen molar-refractivity contribution in [3.8, 4) is 0 Å². The Kier molecular flexibility index (Phi) is 6.38. The van der Waals surface area contributed by atoms with Crippen LogP contribution < -0.4 is 16.6 Å². The Morgan fingerprint density at radius 2 is 2.06 bits per heavy atom. The lowest BCUT2D eigenvalue weighted by molar-refractivity contribution is 0.278. The standard InChI is InChI=1S/C12H23N5O/c1-3-5-10-15-11(8-12(16-10)17-13)14-9(4-2)6-7-18/h8-9,18H,3-7,13H2,1-2H3,(H2,14,15,16,17). The van der Waals surface area contributed by atoms with Gasteiger partial charge in [-0.15, -0.1) is 0 Å². The number of hydrogen-bond acceptors (Lipinski definition) is 6. The highest BCUT2D eigenvalue weighted by Crippen LogP contribution is 2.14. The molecule has 102 valence electrons. The van der Waals surface area contributed by atoms with E-state index < -0.39 is 0 Å². The number of anilines is 2. The number of aryl methyl sites for hydroxylation is 1. The molecule has 0 aliphatic carbocycles. The van der Waals surface area contributed by atoms with Crippen molar-refractivity contribution in [2.24, 2.45) is 5.84 Å². The molecule has 5 N–H and O–H groups in total. The van der Waals surface area contributed by atoms with Crippen LogP contribution in [0.25, 0.3) is 0 Å². The predicted molar refractivity (Wildman–Crippen MR) is 73.2 cm³/mol. The van der Waals surface area contributed by atoms with Gasteiger partial charge in [-0.05, 0) is 19.3 Å². The maximum absolute atomic E-state index is 8.98. The molecule has 1 atom stereocenters. The highest BCUT2D eigenvalue weighted by Gasteiger charge is 2.08. The number of nitrogens with two attached hydrogens (primary N) is 1. The van der Waals surface area contributed by atoms with Crippen LogP contribution in [0.1, 0.15) is 38.9 Å². The molecule has 1 rings (SSSR count). The van der Waals surface area contributed by atoms with Crippen LogP contribution in [0.3, 0.4) is 0 Å². The third-order valence-electron chi connectivity index (χ3n) is 2.72. The summed E-state index contributed by atoms with van der Waals surface area (Å²) in [7, 11) is 0. The summed E-state index contributed by atoms with van der Waals surface area (Å²) >= 11 is 0. The van der Waals surface area contributed by atoms with Gasteiger partial charge in [-0.25, -0.2) is 15.8 Å². The lowest BCUT2D eigenvalue weighted by Gasteiger charge is -2.17. The number of nitrogen functional groups attached to an aromatic ring is 1. The number of aromatic nitrogens is 2. The molecule has 0 bridgehead atoms. The summed E-state index contributed by atoms with van der Waals surface area (Å²) in [5.74, 6) is 7.53. The number of aliphatic hydroxyl groups is 1. The first-order valence-electron chi connectivity index (χ1n) is 6.45. The fraction of sp³-hybridized carbons (Fsp3) is 0.667. The Morgan fingerprint density at radius 1 is 1.33 bits per heavy atom. The van der Waals surface area contributed by atoms with Crippen LogP contribution in [0.4, 0.5) is 11.6 Å². The number of nitrogens with zero attached hydrogens (tertiary/aromatic N) is 2. The first kappa shape index (κ1) is 14.7. The Balaban J connectivity index is 2.82. The average molecular weight is 253 g/mol. The molecule has 0 aromatic carbocycles. The fourth-order valence-electron chi connectivity index (χ4n) is 1.72. The van der Waals surface area contributed by atoms with Gasteiger partial charge < -0.3 is 15.8 Å². The van der Waals surface area contributed by atoms with Gasteiger partial charge in [0.2, 0.25) is 0 Å². The summed E-state index contributed by atoms with van der Waals surface area (Å²) < 4.78 is 0. The van der Waals surface area contributed by atoms with E-state index in [1.54, 1.807) is 6.07 Å². The smallest absolute Gasteiger partial charge is 0.145 e. The first-order chi connectivity index (χ1) is 8.73. The van der Waals surface area contributed by atoms with Crippen molar-refractivity contribution < 1.29 is 5.11 Å². The molecule has 0 amide bonds. The van der Waals surface area contributed by atoms with Gasteiger partial charge in [-0.3, -0.25) is 0 Å². The van der Waals surface area contributed by atoms with Gasteiger partial charge >= 0.3 is 0 Å². The van der Waals surface area contributed by atoms with Crippen LogP contribution >= 0.6 is 0 Å². The van der Waals surface area contributed by atoms with E-state index >= 15 is 0 Å². The quantitative estimate of drug-likeness (QED) is 0.412. The lowest BCUT2D eigenvalue weighted by atomic mass is 10.1. The number of hydrogen-bond donors (Lipinski definition) is 4. The summed E-state index contributed by atoms with van der Waals surface area (Å²) in [6.07, 6.45) is 3.44. The minimum Gasteiger partial charge on any atom is -0.396 e. The molecule has 1 unspecified atom stereocenters. The molecule has 0 fully saturated rings. The van der Waals surface area contributed by atoms with Crippen LogP contribution in [0.2, 0.25) is 0 Å². The van der Waals surface area contributed by atoms with Crippen molar-refractivity contribution in [2.75, 3.05) is 17.3 Å². The lowest BCUT2D eigenvalue weighted by Crippen LogP contribution is -2.21. The summed E-state index contributed by atoms with van der Waals surface area (Å²) in [6.45, 7) is 4.32. The van der Waals surface area contributed by atoms with Gasteiger partial charge in [-0.1, -0.05) is 13.8 Å². The number of rotatable bonds is 8. The molecule has 6 heteroatoms. The Labute approximate surface area is 108 Å². The average Bonchev–Trinajstić information content (AvgIpc) is 2.38. The maximum Gasteiger partial charge on any atom is 0.145 e. The van der Waals surface area contributed by atoms with Crippen LogP contribution in [-0.4, -0.2) is 27.7 Å². The van der Waals surface area contributed by atoms with Gasteiger partial charge in [0.15, 0.2) is 0 Å². The van der Waals surface area contributed by atoms with E-state index in [9.17, 15) is 0 Å². The Bertz CT molecular complexity index is 358. The highest BCUT2D eigenvalue weighted by molar-refractivity contribution is 5.47. The van der Waals surface area contributed by atoms with E-state index in [2.05, 4.69) is 34.6 Å². The van der Waals surface area contributed by atoms with Crippen molar-refractivity contribution in [3.05, 3.63) is 11.9 Å². The zero-order valence-corrected chi connectivity index (χ0v) is 11.1. The van der Waals surface area contributed by atoms with Gasteiger partial charge in [-0.2, -0.15) is 0 Å². The molecule has 18 heavy (non-hydrogen) atoms. The van der Waals surface area contributed by atoms with Gasteiger partial charge in [0.1, 0.15) is 17.5 Å². The molecular formula is C12H23N5O. The van der Waals surface area contributed by atoms with Gasteiger partial charge in [0.05, 0.1) is 0 Å². The normalized spacial score (nSPS) is 12.2. The second-order valence-electron chi connectivity index (χ2n) is 4.21. The van der Waals surface area contributed by atoms with Crippen molar-refractivity contribution in [1.82, 2.24) is 9.97 Å². The van der Waals surface area contributed by atoms with E-state index in [4.69, 9.17) is 10.9 Å². The topological polar surface area (TPSA) is 96.1 Å². The minimum absolute atomic E-state index is 0.167. The molecule has 0 radical (unpaired) electrons. The van der Waals surface area contributed by atoms with Gasteiger partial charge in [0.25, 0.3) is 0 Å². The van der Waals surface area contributed by atoms with E-state index in [0.29, 0.717) is 12.2 Å². The summed E-state index contributed by atoms with van der Waals surface area (Å²) in [5.41, 5.74) is 2.55. The van der Waals surface area contributed by atoms with Crippen molar-refractivity contribution in [2.45, 2.75) is 45.6 Å². The van der Waals surface area contributed by atoms with E-state index in [1.165, 1.54) is 0 Å². The molecule has 0 aliphatic rings. The van der Waals surface area contributed by atoms with Crippen LogP contribution in [0, 0.1) is 0 Å². The van der Waals surface area contributed by atoms with Crippen molar-refractivity contribution in [3.63, 3.8) is 0 Å². The second kappa shape index (κ2) is 7.84. The van der Waals surface area contributed by atoms with Crippen molar-refractivity contribution >= 4 is 11.6 Å². The zero-order valence-electron chi connectivity index (χ0n) is 11.1. The number of nitrogens with one attached hydrogen (secondary N) is 2. The third-order valence-corrected chi connectivity index (χ3v) is 2.72. The summed E-state index contributed by atoms with van der Waals surface area (Å²) in [5, 5.41) is 12.3. The van der Waals surface area contributed by atoms with Crippen molar-refractivity contribution in [1.29, 1.82) is 0 Å².